The molecule has 0 aliphatic heterocycles. The molecule has 32 heavy (non-hydrogen) atoms. The number of aromatic nitrogens is 3. The standard InChI is InChI=1S/C26H24ClN3O2/c1-17-8-7-11-22(27)25(17)32-26-28-21(14-18(2)19-9-5-4-6-10-19)15-23(29-26)20-12-13-24(31)30(3)16-20/h4-13,15-16,18H,14H2,1-3H3. The number of nitrogens with zero attached hydrogens (tertiary/aromatic N) is 3. The van der Waals surface area contributed by atoms with Crippen LogP contribution in [0.3, 0.4) is 0 Å². The first kappa shape index (κ1) is 21.8. The lowest BCUT2D eigenvalue weighted by Gasteiger charge is -2.15. The zero-order chi connectivity index (χ0) is 22.7. The topological polar surface area (TPSA) is 57.0 Å². The van der Waals surface area contributed by atoms with Crippen LogP contribution in [0.2, 0.25) is 5.02 Å². The maximum absolute atomic E-state index is 11.8. The summed E-state index contributed by atoms with van der Waals surface area (Å²) >= 11 is 6.36. The fourth-order valence-electron chi connectivity index (χ4n) is 3.57. The number of para-hydroxylation sites is 1. The molecule has 2 heterocycles. The second kappa shape index (κ2) is 9.37. The molecule has 1 atom stereocenters. The Kier molecular flexibility index (Phi) is 6.37. The Morgan fingerprint density at radius 1 is 1.03 bits per heavy atom. The summed E-state index contributed by atoms with van der Waals surface area (Å²) in [6.45, 7) is 4.10. The molecule has 0 bridgehead atoms. The van der Waals surface area contributed by atoms with E-state index >= 15 is 0 Å². The Labute approximate surface area is 192 Å². The summed E-state index contributed by atoms with van der Waals surface area (Å²) in [6.07, 6.45) is 2.47. The van der Waals surface area contributed by atoms with Gasteiger partial charge in [-0.1, -0.05) is 61.0 Å². The van der Waals surface area contributed by atoms with E-state index in [1.54, 1.807) is 25.4 Å². The summed E-state index contributed by atoms with van der Waals surface area (Å²) in [5, 5.41) is 0.500. The average Bonchev–Trinajstić information content (AvgIpc) is 2.78. The number of aryl methyl sites for hydroxylation is 2. The van der Waals surface area contributed by atoms with Crippen molar-refractivity contribution in [1.29, 1.82) is 0 Å². The van der Waals surface area contributed by atoms with Gasteiger partial charge in [0.25, 0.3) is 0 Å². The van der Waals surface area contributed by atoms with Gasteiger partial charge in [-0.15, -0.1) is 0 Å². The van der Waals surface area contributed by atoms with E-state index in [-0.39, 0.29) is 17.5 Å². The molecule has 0 spiro atoms. The predicted octanol–water partition coefficient (Wildman–Crippen LogP) is 5.94. The molecular weight excluding hydrogens is 422 g/mol. The largest absolute Gasteiger partial charge is 0.422 e. The van der Waals surface area contributed by atoms with Gasteiger partial charge in [0, 0.05) is 30.6 Å². The second-order valence-electron chi connectivity index (χ2n) is 7.90. The summed E-state index contributed by atoms with van der Waals surface area (Å²) in [6, 6.07) is 21.4. The van der Waals surface area contributed by atoms with Gasteiger partial charge in [-0.3, -0.25) is 4.79 Å². The van der Waals surface area contributed by atoms with Gasteiger partial charge >= 0.3 is 6.01 Å². The lowest BCUT2D eigenvalue weighted by Crippen LogP contribution is -2.14. The van der Waals surface area contributed by atoms with Crippen LogP contribution < -0.4 is 10.3 Å². The zero-order valence-corrected chi connectivity index (χ0v) is 19.0. The van der Waals surface area contributed by atoms with Crippen LogP contribution in [-0.2, 0) is 13.5 Å². The number of benzene rings is 2. The molecule has 4 aromatic rings. The lowest BCUT2D eigenvalue weighted by molar-refractivity contribution is 0.436. The Morgan fingerprint density at radius 3 is 2.53 bits per heavy atom. The Bertz CT molecular complexity index is 1280. The van der Waals surface area contributed by atoms with Crippen LogP contribution in [0.25, 0.3) is 11.3 Å². The summed E-state index contributed by atoms with van der Waals surface area (Å²) in [5.41, 5.74) is 4.39. The van der Waals surface area contributed by atoms with Gasteiger partial charge < -0.3 is 9.30 Å². The van der Waals surface area contributed by atoms with Gasteiger partial charge in [-0.2, -0.15) is 9.97 Å². The Morgan fingerprint density at radius 2 is 1.81 bits per heavy atom. The molecule has 0 saturated carbocycles. The molecule has 0 fully saturated rings. The summed E-state index contributed by atoms with van der Waals surface area (Å²) in [4.78, 5) is 21.2. The van der Waals surface area contributed by atoms with Gasteiger partial charge in [0.05, 0.1) is 10.7 Å². The van der Waals surface area contributed by atoms with Crippen molar-refractivity contribution in [2.45, 2.75) is 26.2 Å². The number of pyridine rings is 1. The van der Waals surface area contributed by atoms with E-state index in [1.165, 1.54) is 16.2 Å². The smallest absolute Gasteiger partial charge is 0.322 e. The number of hydrogen-bond donors (Lipinski definition) is 0. The summed E-state index contributed by atoms with van der Waals surface area (Å²) < 4.78 is 7.59. The molecule has 2 aromatic carbocycles. The monoisotopic (exact) mass is 445 g/mol. The minimum atomic E-state index is -0.0797. The van der Waals surface area contributed by atoms with Crippen molar-refractivity contribution in [1.82, 2.24) is 14.5 Å². The Hall–Kier alpha value is -3.44. The molecule has 4 rings (SSSR count). The quantitative estimate of drug-likeness (QED) is 0.368. The van der Waals surface area contributed by atoms with E-state index in [4.69, 9.17) is 16.3 Å². The fourth-order valence-corrected chi connectivity index (χ4v) is 3.83. The number of halogens is 1. The van der Waals surface area contributed by atoms with E-state index in [1.807, 2.05) is 43.3 Å². The number of ether oxygens (including phenoxy) is 1. The number of rotatable bonds is 6. The summed E-state index contributed by atoms with van der Waals surface area (Å²) in [5.74, 6) is 0.794. The normalized spacial score (nSPS) is 11.9. The van der Waals surface area contributed by atoms with Crippen molar-refractivity contribution >= 4 is 11.6 Å². The molecule has 0 saturated heterocycles. The van der Waals surface area contributed by atoms with Gasteiger partial charge in [-0.05, 0) is 48.6 Å². The van der Waals surface area contributed by atoms with E-state index in [0.29, 0.717) is 22.9 Å². The van der Waals surface area contributed by atoms with E-state index in [9.17, 15) is 4.79 Å². The highest BCUT2D eigenvalue weighted by Gasteiger charge is 2.15. The van der Waals surface area contributed by atoms with Crippen molar-refractivity contribution < 1.29 is 4.74 Å². The highest BCUT2D eigenvalue weighted by Crippen LogP contribution is 2.32. The van der Waals surface area contributed by atoms with Crippen LogP contribution in [0.5, 0.6) is 11.8 Å². The van der Waals surface area contributed by atoms with E-state index < -0.39 is 0 Å². The SMILES string of the molecule is Cc1cccc(Cl)c1Oc1nc(CC(C)c2ccccc2)cc(-c2ccc(=O)n(C)c2)n1. The predicted molar refractivity (Wildman–Crippen MR) is 128 cm³/mol. The van der Waals surface area contributed by atoms with E-state index in [2.05, 4.69) is 29.0 Å². The van der Waals surface area contributed by atoms with Crippen molar-refractivity contribution in [3.05, 3.63) is 105 Å². The zero-order valence-electron chi connectivity index (χ0n) is 18.2. The molecule has 0 aliphatic rings. The third kappa shape index (κ3) is 4.89. The third-order valence-corrected chi connectivity index (χ3v) is 5.68. The van der Waals surface area contributed by atoms with E-state index in [0.717, 1.165) is 16.8 Å². The molecule has 0 N–H and O–H groups in total. The molecule has 0 aliphatic carbocycles. The Balaban J connectivity index is 1.75. The fraction of sp³-hybridized carbons (Fsp3) is 0.192. The molecule has 1 unspecified atom stereocenters. The van der Waals surface area contributed by atoms with Gasteiger partial charge in [-0.25, -0.2) is 0 Å². The molecule has 162 valence electrons. The second-order valence-corrected chi connectivity index (χ2v) is 8.30. The van der Waals surface area contributed by atoms with Crippen LogP contribution in [0.4, 0.5) is 0 Å². The highest BCUT2D eigenvalue weighted by atomic mass is 35.5. The number of hydrogen-bond acceptors (Lipinski definition) is 4. The first-order chi connectivity index (χ1) is 15.4. The summed E-state index contributed by atoms with van der Waals surface area (Å²) in [7, 11) is 1.72. The van der Waals surface area contributed by atoms with Crippen LogP contribution in [0.1, 0.15) is 29.7 Å². The van der Waals surface area contributed by atoms with Crippen molar-refractivity contribution in [2.24, 2.45) is 7.05 Å². The maximum atomic E-state index is 11.8. The van der Waals surface area contributed by atoms with Crippen LogP contribution in [0.15, 0.2) is 77.7 Å². The molecule has 6 heteroatoms. The molecule has 0 amide bonds. The first-order valence-electron chi connectivity index (χ1n) is 10.4. The van der Waals surface area contributed by atoms with Crippen molar-refractivity contribution in [3.63, 3.8) is 0 Å². The van der Waals surface area contributed by atoms with Crippen molar-refractivity contribution in [2.75, 3.05) is 0 Å². The minimum absolute atomic E-state index is 0.0797. The van der Waals surface area contributed by atoms with Gasteiger partial charge in [0.1, 0.15) is 0 Å². The van der Waals surface area contributed by atoms with Gasteiger partial charge in [0.15, 0.2) is 5.75 Å². The molecule has 0 radical (unpaired) electrons. The molecule has 2 aromatic heterocycles. The molecule has 5 nitrogen and oxygen atoms in total. The molecular formula is C26H24ClN3O2. The van der Waals surface area contributed by atoms with Crippen LogP contribution >= 0.6 is 11.6 Å². The van der Waals surface area contributed by atoms with Crippen LogP contribution in [0, 0.1) is 6.92 Å². The maximum Gasteiger partial charge on any atom is 0.322 e. The minimum Gasteiger partial charge on any atom is -0.422 e. The lowest BCUT2D eigenvalue weighted by atomic mass is 9.96. The van der Waals surface area contributed by atoms with Gasteiger partial charge in [0.2, 0.25) is 5.56 Å². The third-order valence-electron chi connectivity index (χ3n) is 5.38. The highest BCUT2D eigenvalue weighted by molar-refractivity contribution is 6.32. The average molecular weight is 446 g/mol. The first-order valence-corrected chi connectivity index (χ1v) is 10.8. The van der Waals surface area contributed by atoms with Crippen LogP contribution in [-0.4, -0.2) is 14.5 Å². The van der Waals surface area contributed by atoms with Crippen molar-refractivity contribution in [3.8, 4) is 23.0 Å².